The van der Waals surface area contributed by atoms with Gasteiger partial charge in [-0.3, -0.25) is 0 Å². The molecule has 1 atom stereocenters. The van der Waals surface area contributed by atoms with Crippen LogP contribution in [0.2, 0.25) is 0 Å². The molecular weight excluding hydrogens is 216 g/mol. The summed E-state index contributed by atoms with van der Waals surface area (Å²) in [6, 6.07) is 5.30. The highest BCUT2D eigenvalue weighted by Crippen LogP contribution is 2.27. The van der Waals surface area contributed by atoms with Gasteiger partial charge in [0.1, 0.15) is 0 Å². The number of carboxylic acid groups (broad SMARTS) is 1. The highest BCUT2D eigenvalue weighted by atomic mass is 16.4. The first-order valence-corrected chi connectivity index (χ1v) is 5.90. The molecule has 1 unspecified atom stereocenters. The third-order valence-corrected chi connectivity index (χ3v) is 3.40. The fraction of sp³-hybridized carbons (Fsp3) is 0.462. The third kappa shape index (κ3) is 2.42. The van der Waals surface area contributed by atoms with E-state index in [1.54, 1.807) is 12.1 Å². The Bertz CT molecular complexity index is 431. The number of hydrogen-bond acceptors (Lipinski definition) is 3. The van der Waals surface area contributed by atoms with Crippen LogP contribution in [0.3, 0.4) is 0 Å². The molecule has 4 heteroatoms. The van der Waals surface area contributed by atoms with Gasteiger partial charge in [0.15, 0.2) is 0 Å². The lowest BCUT2D eigenvalue weighted by molar-refractivity contribution is 0.0697. The summed E-state index contributed by atoms with van der Waals surface area (Å²) in [5, 5.41) is 8.92. The Morgan fingerprint density at radius 3 is 2.88 bits per heavy atom. The molecule has 4 nitrogen and oxygen atoms in total. The van der Waals surface area contributed by atoms with Crippen molar-refractivity contribution in [1.29, 1.82) is 0 Å². The highest BCUT2D eigenvalue weighted by Gasteiger charge is 2.22. The molecule has 0 radical (unpaired) electrons. The van der Waals surface area contributed by atoms with Crippen molar-refractivity contribution < 1.29 is 9.90 Å². The van der Waals surface area contributed by atoms with E-state index in [9.17, 15) is 4.79 Å². The summed E-state index contributed by atoms with van der Waals surface area (Å²) in [5.74, 6) is -0.311. The molecule has 17 heavy (non-hydrogen) atoms. The maximum atomic E-state index is 10.9. The molecule has 1 fully saturated rings. The zero-order valence-electron chi connectivity index (χ0n) is 10.0. The lowest BCUT2D eigenvalue weighted by Crippen LogP contribution is -2.23. The van der Waals surface area contributed by atoms with Crippen molar-refractivity contribution in [3.05, 3.63) is 29.3 Å². The van der Waals surface area contributed by atoms with E-state index in [2.05, 4.69) is 4.90 Å². The van der Waals surface area contributed by atoms with Crippen LogP contribution in [-0.4, -0.2) is 30.7 Å². The van der Waals surface area contributed by atoms with E-state index in [0.717, 1.165) is 37.3 Å². The second-order valence-electron chi connectivity index (χ2n) is 4.64. The number of aromatic carboxylic acids is 1. The predicted octanol–water partition coefficient (Wildman–Crippen LogP) is 1.48. The molecule has 2 rings (SSSR count). The van der Waals surface area contributed by atoms with E-state index in [1.165, 1.54) is 0 Å². The number of aryl methyl sites for hydroxylation is 1. The van der Waals surface area contributed by atoms with Crippen LogP contribution in [0.4, 0.5) is 5.69 Å². The van der Waals surface area contributed by atoms with Crippen LogP contribution in [0.25, 0.3) is 0 Å². The quantitative estimate of drug-likeness (QED) is 0.831. The van der Waals surface area contributed by atoms with Crippen LogP contribution in [0.1, 0.15) is 22.3 Å². The number of anilines is 1. The van der Waals surface area contributed by atoms with Crippen molar-refractivity contribution in [2.75, 3.05) is 24.5 Å². The van der Waals surface area contributed by atoms with Crippen LogP contribution in [0, 0.1) is 12.8 Å². The standard InChI is InChI=1S/C13H18N2O2/c1-9-6-11(13(16)17)2-3-12(9)15-5-4-10(7-14)8-15/h2-3,6,10H,4-5,7-8,14H2,1H3,(H,16,17). The first kappa shape index (κ1) is 11.9. The van der Waals surface area contributed by atoms with Crippen molar-refractivity contribution in [3.8, 4) is 0 Å². The Labute approximate surface area is 101 Å². The summed E-state index contributed by atoms with van der Waals surface area (Å²) in [6.07, 6.45) is 1.12. The molecule has 0 bridgehead atoms. The van der Waals surface area contributed by atoms with Crippen molar-refractivity contribution >= 4 is 11.7 Å². The van der Waals surface area contributed by atoms with Crippen LogP contribution in [-0.2, 0) is 0 Å². The number of hydrogen-bond donors (Lipinski definition) is 2. The van der Waals surface area contributed by atoms with E-state index in [-0.39, 0.29) is 0 Å². The predicted molar refractivity (Wildman–Crippen MR) is 67.5 cm³/mol. The van der Waals surface area contributed by atoms with Crippen LogP contribution < -0.4 is 10.6 Å². The Morgan fingerprint density at radius 1 is 1.59 bits per heavy atom. The number of carbonyl (C=O) groups is 1. The van der Waals surface area contributed by atoms with Gasteiger partial charge in [0.05, 0.1) is 5.56 Å². The zero-order chi connectivity index (χ0) is 12.4. The Hall–Kier alpha value is -1.55. The summed E-state index contributed by atoms with van der Waals surface area (Å²) in [5.41, 5.74) is 8.17. The average Bonchev–Trinajstić information content (AvgIpc) is 2.77. The number of benzene rings is 1. The Morgan fingerprint density at radius 2 is 2.35 bits per heavy atom. The normalized spacial score (nSPS) is 19.6. The maximum Gasteiger partial charge on any atom is 0.335 e. The zero-order valence-corrected chi connectivity index (χ0v) is 10.0. The number of nitrogens with zero attached hydrogens (tertiary/aromatic N) is 1. The van der Waals surface area contributed by atoms with Crippen LogP contribution >= 0.6 is 0 Å². The molecule has 0 saturated carbocycles. The number of carboxylic acids is 1. The van der Waals surface area contributed by atoms with Gasteiger partial charge in [-0.15, -0.1) is 0 Å². The minimum absolute atomic E-state index is 0.348. The molecule has 1 heterocycles. The van der Waals surface area contributed by atoms with Gasteiger partial charge in [0.25, 0.3) is 0 Å². The van der Waals surface area contributed by atoms with Gasteiger partial charge >= 0.3 is 5.97 Å². The van der Waals surface area contributed by atoms with Gasteiger partial charge in [-0.2, -0.15) is 0 Å². The molecular formula is C13H18N2O2. The van der Waals surface area contributed by atoms with Crippen molar-refractivity contribution in [2.24, 2.45) is 11.7 Å². The second kappa shape index (κ2) is 4.75. The summed E-state index contributed by atoms with van der Waals surface area (Å²) >= 11 is 0. The maximum absolute atomic E-state index is 10.9. The van der Waals surface area contributed by atoms with Crippen molar-refractivity contribution in [3.63, 3.8) is 0 Å². The monoisotopic (exact) mass is 234 g/mol. The molecule has 1 aromatic carbocycles. The fourth-order valence-electron chi connectivity index (χ4n) is 2.39. The van der Waals surface area contributed by atoms with Crippen molar-refractivity contribution in [2.45, 2.75) is 13.3 Å². The van der Waals surface area contributed by atoms with Gasteiger partial charge in [0.2, 0.25) is 0 Å². The first-order valence-electron chi connectivity index (χ1n) is 5.90. The molecule has 92 valence electrons. The lowest BCUT2D eigenvalue weighted by atomic mass is 10.1. The highest BCUT2D eigenvalue weighted by molar-refractivity contribution is 5.88. The number of nitrogens with two attached hydrogens (primary N) is 1. The second-order valence-corrected chi connectivity index (χ2v) is 4.64. The molecule has 0 aromatic heterocycles. The van der Waals surface area contributed by atoms with Gasteiger partial charge in [-0.25, -0.2) is 4.79 Å². The molecule has 1 saturated heterocycles. The van der Waals surface area contributed by atoms with Crippen LogP contribution in [0.5, 0.6) is 0 Å². The minimum Gasteiger partial charge on any atom is -0.478 e. The smallest absolute Gasteiger partial charge is 0.335 e. The topological polar surface area (TPSA) is 66.6 Å². The van der Waals surface area contributed by atoms with Crippen LogP contribution in [0.15, 0.2) is 18.2 Å². The van der Waals surface area contributed by atoms with Gasteiger partial charge in [-0.1, -0.05) is 0 Å². The van der Waals surface area contributed by atoms with E-state index < -0.39 is 5.97 Å². The van der Waals surface area contributed by atoms with E-state index in [1.807, 2.05) is 13.0 Å². The number of rotatable bonds is 3. The van der Waals surface area contributed by atoms with Gasteiger partial charge < -0.3 is 15.7 Å². The Kier molecular flexibility index (Phi) is 3.33. The third-order valence-electron chi connectivity index (χ3n) is 3.40. The molecule has 0 aliphatic carbocycles. The van der Waals surface area contributed by atoms with E-state index >= 15 is 0 Å². The van der Waals surface area contributed by atoms with Gasteiger partial charge in [-0.05, 0) is 49.6 Å². The summed E-state index contributed by atoms with van der Waals surface area (Å²) < 4.78 is 0. The minimum atomic E-state index is -0.874. The summed E-state index contributed by atoms with van der Waals surface area (Å²) in [4.78, 5) is 13.1. The molecule has 0 spiro atoms. The molecule has 1 aliphatic heterocycles. The van der Waals surface area contributed by atoms with E-state index in [0.29, 0.717) is 11.5 Å². The largest absolute Gasteiger partial charge is 0.478 e. The van der Waals surface area contributed by atoms with E-state index in [4.69, 9.17) is 10.8 Å². The summed E-state index contributed by atoms with van der Waals surface area (Å²) in [6.45, 7) is 4.67. The van der Waals surface area contributed by atoms with Gasteiger partial charge in [0, 0.05) is 18.8 Å². The summed E-state index contributed by atoms with van der Waals surface area (Å²) in [7, 11) is 0. The molecule has 3 N–H and O–H groups in total. The molecule has 0 amide bonds. The Balaban J connectivity index is 2.20. The van der Waals surface area contributed by atoms with Crippen molar-refractivity contribution in [1.82, 2.24) is 0 Å². The average molecular weight is 234 g/mol. The SMILES string of the molecule is Cc1cc(C(=O)O)ccc1N1CCC(CN)C1. The molecule has 1 aromatic rings. The lowest BCUT2D eigenvalue weighted by Gasteiger charge is -2.21. The fourth-order valence-corrected chi connectivity index (χ4v) is 2.39. The molecule has 1 aliphatic rings. The first-order chi connectivity index (χ1) is 8.11.